The van der Waals surface area contributed by atoms with E-state index in [2.05, 4.69) is 21.7 Å². The highest BCUT2D eigenvalue weighted by Gasteiger charge is 2.16. The first-order valence-corrected chi connectivity index (χ1v) is 10.7. The van der Waals surface area contributed by atoms with Crippen LogP contribution in [0.4, 0.5) is 0 Å². The highest BCUT2D eigenvalue weighted by Crippen LogP contribution is 2.28. The van der Waals surface area contributed by atoms with Crippen molar-refractivity contribution >= 4 is 35.8 Å². The number of hydrogen-bond acceptors (Lipinski definition) is 4. The van der Waals surface area contributed by atoms with Crippen molar-refractivity contribution in [2.75, 3.05) is 40.4 Å². The van der Waals surface area contributed by atoms with Crippen LogP contribution < -0.4 is 20.1 Å². The summed E-state index contributed by atoms with van der Waals surface area (Å²) in [4.78, 5) is 17.9. The smallest absolute Gasteiger partial charge is 0.243 e. The second-order valence-electron chi connectivity index (χ2n) is 7.40. The molecule has 1 aromatic carbocycles. The van der Waals surface area contributed by atoms with E-state index >= 15 is 0 Å². The molecule has 2 rings (SSSR count). The van der Waals surface area contributed by atoms with Crippen molar-refractivity contribution in [1.82, 2.24) is 15.5 Å². The van der Waals surface area contributed by atoms with E-state index in [0.29, 0.717) is 31.8 Å². The third kappa shape index (κ3) is 8.97. The van der Waals surface area contributed by atoms with Gasteiger partial charge in [-0.3, -0.25) is 4.79 Å². The van der Waals surface area contributed by atoms with E-state index in [4.69, 9.17) is 9.47 Å². The van der Waals surface area contributed by atoms with E-state index in [9.17, 15) is 4.79 Å². The molecule has 170 valence electrons. The molecule has 0 bridgehead atoms. The van der Waals surface area contributed by atoms with Gasteiger partial charge in [0.25, 0.3) is 0 Å². The number of amides is 1. The van der Waals surface area contributed by atoms with Crippen molar-refractivity contribution in [3.63, 3.8) is 0 Å². The van der Waals surface area contributed by atoms with Gasteiger partial charge in [-0.1, -0.05) is 18.9 Å². The molecule has 0 aliphatic heterocycles. The first-order chi connectivity index (χ1) is 14.0. The number of benzene rings is 1. The fourth-order valence-electron chi connectivity index (χ4n) is 3.28. The monoisotopic (exact) mass is 532 g/mol. The zero-order chi connectivity index (χ0) is 21.1. The minimum atomic E-state index is -0.00890. The SMILES string of the molecule is CCOc1ccc(CCNC(=NCC(=O)N(C)C)NC2CCCC2)cc1OCC.I. The Labute approximate surface area is 198 Å². The van der Waals surface area contributed by atoms with Crippen LogP contribution >= 0.6 is 24.0 Å². The molecule has 8 heteroatoms. The number of guanidine groups is 1. The zero-order valence-electron chi connectivity index (χ0n) is 18.7. The molecule has 0 unspecified atom stereocenters. The molecule has 1 saturated carbocycles. The summed E-state index contributed by atoms with van der Waals surface area (Å²) in [6.45, 7) is 6.01. The number of likely N-dealkylation sites (N-methyl/N-ethyl adjacent to an activating group) is 1. The van der Waals surface area contributed by atoms with Gasteiger partial charge in [0, 0.05) is 26.7 Å². The van der Waals surface area contributed by atoms with Crippen LogP contribution in [0, 0.1) is 0 Å². The molecular weight excluding hydrogens is 495 g/mol. The van der Waals surface area contributed by atoms with Crippen molar-refractivity contribution in [3.05, 3.63) is 23.8 Å². The normalized spacial score (nSPS) is 14.1. The maximum absolute atomic E-state index is 11.9. The molecule has 1 amide bonds. The van der Waals surface area contributed by atoms with Gasteiger partial charge in [-0.2, -0.15) is 0 Å². The molecule has 7 nitrogen and oxygen atoms in total. The number of nitrogens with one attached hydrogen (secondary N) is 2. The van der Waals surface area contributed by atoms with Gasteiger partial charge in [0.05, 0.1) is 13.2 Å². The molecule has 0 heterocycles. The summed E-state index contributed by atoms with van der Waals surface area (Å²) >= 11 is 0. The number of nitrogens with zero attached hydrogens (tertiary/aromatic N) is 2. The van der Waals surface area contributed by atoms with Crippen LogP contribution in [0.15, 0.2) is 23.2 Å². The fourth-order valence-corrected chi connectivity index (χ4v) is 3.28. The largest absolute Gasteiger partial charge is 0.490 e. The van der Waals surface area contributed by atoms with E-state index in [1.54, 1.807) is 19.0 Å². The summed E-state index contributed by atoms with van der Waals surface area (Å²) in [5.41, 5.74) is 1.16. The summed E-state index contributed by atoms with van der Waals surface area (Å²) in [6, 6.07) is 6.50. The van der Waals surface area contributed by atoms with E-state index in [1.807, 2.05) is 26.0 Å². The molecule has 1 aliphatic carbocycles. The summed E-state index contributed by atoms with van der Waals surface area (Å²) in [6.07, 6.45) is 5.61. The molecule has 30 heavy (non-hydrogen) atoms. The quantitative estimate of drug-likeness (QED) is 0.275. The van der Waals surface area contributed by atoms with Crippen molar-refractivity contribution in [1.29, 1.82) is 0 Å². The Bertz CT molecular complexity index is 676. The second-order valence-corrected chi connectivity index (χ2v) is 7.40. The van der Waals surface area contributed by atoms with E-state index in [1.165, 1.54) is 12.8 Å². The van der Waals surface area contributed by atoms with Crippen molar-refractivity contribution in [3.8, 4) is 11.5 Å². The minimum Gasteiger partial charge on any atom is -0.490 e. The van der Waals surface area contributed by atoms with Crippen LogP contribution in [0.1, 0.15) is 45.1 Å². The number of halogens is 1. The molecule has 0 radical (unpaired) electrons. The highest BCUT2D eigenvalue weighted by atomic mass is 127. The third-order valence-electron chi connectivity index (χ3n) is 4.88. The molecule has 0 atom stereocenters. The van der Waals surface area contributed by atoms with Crippen molar-refractivity contribution < 1.29 is 14.3 Å². The number of carbonyl (C=O) groups excluding carboxylic acids is 1. The Hall–Kier alpha value is -1.71. The van der Waals surface area contributed by atoms with Gasteiger partial charge >= 0.3 is 0 Å². The minimum absolute atomic E-state index is 0. The fraction of sp³-hybridized carbons (Fsp3) is 0.636. The lowest BCUT2D eigenvalue weighted by atomic mass is 10.1. The summed E-state index contributed by atoms with van der Waals surface area (Å²) < 4.78 is 11.3. The lowest BCUT2D eigenvalue weighted by Gasteiger charge is -2.18. The number of carbonyl (C=O) groups is 1. The van der Waals surface area contributed by atoms with Gasteiger partial charge in [-0.05, 0) is 50.8 Å². The number of rotatable bonds is 10. The Kier molecular flexibility index (Phi) is 12.6. The van der Waals surface area contributed by atoms with Gasteiger partial charge in [0.15, 0.2) is 17.5 Å². The molecule has 0 saturated heterocycles. The van der Waals surface area contributed by atoms with Gasteiger partial charge in [-0.25, -0.2) is 4.99 Å². The standard InChI is InChI=1S/C22H36N4O3.HI/c1-5-28-19-12-11-17(15-20(19)29-6-2)13-14-23-22(24-16-21(27)26(3)4)25-18-9-7-8-10-18;/h11-12,15,18H,5-10,13-14,16H2,1-4H3,(H2,23,24,25);1H. The van der Waals surface area contributed by atoms with E-state index in [0.717, 1.165) is 36.3 Å². The zero-order valence-corrected chi connectivity index (χ0v) is 21.0. The number of aliphatic imine (C=N–C) groups is 1. The van der Waals surface area contributed by atoms with E-state index < -0.39 is 0 Å². The van der Waals surface area contributed by atoms with Crippen LogP contribution in [0.3, 0.4) is 0 Å². The Morgan fingerprint density at radius 2 is 1.80 bits per heavy atom. The molecule has 1 fully saturated rings. The Balaban J connectivity index is 0.00000450. The molecule has 2 N–H and O–H groups in total. The van der Waals surface area contributed by atoms with Crippen molar-refractivity contribution in [2.24, 2.45) is 4.99 Å². The molecule has 0 spiro atoms. The molecule has 1 aromatic rings. The van der Waals surface area contributed by atoms with Gasteiger partial charge < -0.3 is 25.0 Å². The molecular formula is C22H37IN4O3. The van der Waals surface area contributed by atoms with Crippen LogP contribution in [-0.4, -0.2) is 63.2 Å². The summed E-state index contributed by atoms with van der Waals surface area (Å²) in [5.74, 6) is 2.26. The van der Waals surface area contributed by atoms with Crippen LogP contribution in [0.25, 0.3) is 0 Å². The van der Waals surface area contributed by atoms with Gasteiger partial charge in [0.2, 0.25) is 5.91 Å². The Morgan fingerprint density at radius 3 is 2.43 bits per heavy atom. The van der Waals surface area contributed by atoms with Gasteiger partial charge in [0.1, 0.15) is 6.54 Å². The van der Waals surface area contributed by atoms with Crippen LogP contribution in [-0.2, 0) is 11.2 Å². The lowest BCUT2D eigenvalue weighted by molar-refractivity contribution is -0.127. The number of hydrogen-bond donors (Lipinski definition) is 2. The highest BCUT2D eigenvalue weighted by molar-refractivity contribution is 14.0. The van der Waals surface area contributed by atoms with Crippen LogP contribution in [0.2, 0.25) is 0 Å². The Morgan fingerprint density at radius 1 is 1.13 bits per heavy atom. The average molecular weight is 532 g/mol. The third-order valence-corrected chi connectivity index (χ3v) is 4.88. The molecule has 1 aliphatic rings. The topological polar surface area (TPSA) is 75.2 Å². The lowest BCUT2D eigenvalue weighted by Crippen LogP contribution is -2.43. The first-order valence-electron chi connectivity index (χ1n) is 10.7. The van der Waals surface area contributed by atoms with Crippen LogP contribution in [0.5, 0.6) is 11.5 Å². The first kappa shape index (κ1) is 26.3. The van der Waals surface area contributed by atoms with E-state index in [-0.39, 0.29) is 36.4 Å². The molecule has 0 aromatic heterocycles. The number of ether oxygens (including phenoxy) is 2. The predicted octanol–water partition coefficient (Wildman–Crippen LogP) is 3.21. The maximum Gasteiger partial charge on any atom is 0.243 e. The maximum atomic E-state index is 11.9. The average Bonchev–Trinajstić information content (AvgIpc) is 3.21. The van der Waals surface area contributed by atoms with Gasteiger partial charge in [-0.15, -0.1) is 24.0 Å². The predicted molar refractivity (Wildman–Crippen MR) is 132 cm³/mol. The summed E-state index contributed by atoms with van der Waals surface area (Å²) in [5, 5.41) is 6.85. The van der Waals surface area contributed by atoms with Crippen molar-refractivity contribution in [2.45, 2.75) is 52.0 Å². The summed E-state index contributed by atoms with van der Waals surface area (Å²) in [7, 11) is 3.49. The second kappa shape index (κ2) is 14.3.